The molecule has 2 N–H and O–H groups in total. The number of rotatable bonds is 7. The lowest BCUT2D eigenvalue weighted by Gasteiger charge is -2.30. The highest BCUT2D eigenvalue weighted by atomic mass is 35.5. The molecule has 0 atom stereocenters. The van der Waals surface area contributed by atoms with Crippen molar-refractivity contribution in [3.8, 4) is 16.9 Å². The van der Waals surface area contributed by atoms with Gasteiger partial charge in [-0.2, -0.15) is 10.1 Å². The first-order chi connectivity index (χ1) is 18.6. The Balaban J connectivity index is 1.55. The Kier molecular flexibility index (Phi) is 7.27. The molecule has 0 amide bonds. The van der Waals surface area contributed by atoms with Crippen LogP contribution in [0.25, 0.3) is 11.1 Å². The number of aryl methyl sites for hydroxylation is 1. The first-order valence-corrected chi connectivity index (χ1v) is 15.6. The predicted octanol–water partition coefficient (Wildman–Crippen LogP) is 5.44. The van der Waals surface area contributed by atoms with E-state index in [2.05, 4.69) is 61.6 Å². The average molecular weight is 567 g/mol. The van der Waals surface area contributed by atoms with Crippen molar-refractivity contribution in [2.24, 2.45) is 7.05 Å². The molecular weight excluding hydrogens is 535 g/mol. The van der Waals surface area contributed by atoms with Gasteiger partial charge in [0.15, 0.2) is 5.82 Å². The second-order valence-electron chi connectivity index (χ2n) is 10.1. The standard InChI is InChI=1S/C27H32ClN8O2P/c1-16(2)36-11-9-22-18(14-31-35(22)3)17-12-21(24(38-4)13-23(17)36)33-27-30-15-19(28)25(34-27)32-20-8-7-10-29-26(20)39(5,6)37/h7-8,10,12-16H,9,11H2,1-6H3,(H2,30,32,33,34). The molecule has 0 spiro atoms. The van der Waals surface area contributed by atoms with Crippen LogP contribution in [0, 0.1) is 0 Å². The Morgan fingerprint density at radius 1 is 1.10 bits per heavy atom. The zero-order chi connectivity index (χ0) is 27.9. The molecule has 0 fully saturated rings. The van der Waals surface area contributed by atoms with E-state index in [0.717, 1.165) is 29.8 Å². The highest BCUT2D eigenvalue weighted by Crippen LogP contribution is 2.44. The Labute approximate surface area is 233 Å². The summed E-state index contributed by atoms with van der Waals surface area (Å²) in [5.74, 6) is 1.35. The lowest BCUT2D eigenvalue weighted by molar-refractivity contribution is 0.416. The van der Waals surface area contributed by atoms with Gasteiger partial charge in [-0.1, -0.05) is 11.6 Å². The molecule has 0 aliphatic carbocycles. The molecule has 0 saturated carbocycles. The second kappa shape index (κ2) is 10.5. The zero-order valence-corrected chi connectivity index (χ0v) is 24.5. The smallest absolute Gasteiger partial charge is 0.229 e. The van der Waals surface area contributed by atoms with Crippen molar-refractivity contribution >= 4 is 53.0 Å². The number of aromatic nitrogens is 5. The van der Waals surface area contributed by atoms with Crippen molar-refractivity contribution < 1.29 is 9.30 Å². The van der Waals surface area contributed by atoms with Crippen molar-refractivity contribution in [1.29, 1.82) is 0 Å². The minimum Gasteiger partial charge on any atom is -0.494 e. The molecule has 4 aromatic rings. The van der Waals surface area contributed by atoms with Gasteiger partial charge < -0.3 is 24.8 Å². The van der Waals surface area contributed by atoms with Gasteiger partial charge in [-0.15, -0.1) is 0 Å². The van der Waals surface area contributed by atoms with Crippen LogP contribution in [0.1, 0.15) is 19.5 Å². The highest BCUT2D eigenvalue weighted by Gasteiger charge is 2.26. The number of fused-ring (bicyclic) bond motifs is 3. The van der Waals surface area contributed by atoms with Crippen molar-refractivity contribution in [3.05, 3.63) is 53.6 Å². The number of halogens is 1. The lowest BCUT2D eigenvalue weighted by atomic mass is 10.0. The maximum Gasteiger partial charge on any atom is 0.229 e. The number of hydrogen-bond donors (Lipinski definition) is 2. The van der Waals surface area contributed by atoms with Gasteiger partial charge in [0.1, 0.15) is 23.3 Å². The third kappa shape index (κ3) is 5.31. The Morgan fingerprint density at radius 3 is 2.62 bits per heavy atom. The monoisotopic (exact) mass is 566 g/mol. The first-order valence-electron chi connectivity index (χ1n) is 12.6. The van der Waals surface area contributed by atoms with E-state index in [1.165, 1.54) is 11.9 Å². The minimum atomic E-state index is -2.64. The summed E-state index contributed by atoms with van der Waals surface area (Å²) >= 11 is 6.45. The number of hydrogen-bond acceptors (Lipinski definition) is 9. The van der Waals surface area contributed by atoms with Gasteiger partial charge in [0.25, 0.3) is 0 Å². The van der Waals surface area contributed by atoms with Gasteiger partial charge in [0, 0.05) is 60.8 Å². The zero-order valence-electron chi connectivity index (χ0n) is 22.9. The lowest BCUT2D eigenvalue weighted by Crippen LogP contribution is -2.32. The van der Waals surface area contributed by atoms with E-state index in [9.17, 15) is 4.57 Å². The molecular formula is C27H32ClN8O2P. The fraction of sp³-hybridized carbons (Fsp3) is 0.333. The van der Waals surface area contributed by atoms with Crippen molar-refractivity contribution in [1.82, 2.24) is 24.7 Å². The first kappa shape index (κ1) is 27.0. The third-order valence-electron chi connectivity index (χ3n) is 6.73. The fourth-order valence-electron chi connectivity index (χ4n) is 4.84. The minimum absolute atomic E-state index is 0.307. The van der Waals surface area contributed by atoms with Crippen LogP contribution in [0.15, 0.2) is 42.9 Å². The normalized spacial score (nSPS) is 13.1. The maximum atomic E-state index is 12.8. The molecule has 204 valence electrons. The highest BCUT2D eigenvalue weighted by molar-refractivity contribution is 7.70. The van der Waals surface area contributed by atoms with Gasteiger partial charge >= 0.3 is 0 Å². The summed E-state index contributed by atoms with van der Waals surface area (Å²) in [5, 5.41) is 11.3. The van der Waals surface area contributed by atoms with Crippen molar-refractivity contribution in [2.45, 2.75) is 26.3 Å². The van der Waals surface area contributed by atoms with Gasteiger partial charge in [0.05, 0.1) is 30.9 Å². The van der Waals surface area contributed by atoms with E-state index in [1.54, 1.807) is 38.8 Å². The topological polar surface area (TPSA) is 110 Å². The summed E-state index contributed by atoms with van der Waals surface area (Å²) in [6.45, 7) is 8.61. The molecule has 0 bridgehead atoms. The van der Waals surface area contributed by atoms with Crippen LogP contribution < -0.4 is 25.7 Å². The second-order valence-corrected chi connectivity index (χ2v) is 13.6. The van der Waals surface area contributed by atoms with Crippen LogP contribution in [0.3, 0.4) is 0 Å². The summed E-state index contributed by atoms with van der Waals surface area (Å²) in [6, 6.07) is 7.99. The van der Waals surface area contributed by atoms with Crippen LogP contribution >= 0.6 is 18.7 Å². The number of pyridine rings is 1. The molecule has 1 aliphatic heterocycles. The predicted molar refractivity (Wildman–Crippen MR) is 158 cm³/mol. The third-order valence-corrected chi connectivity index (χ3v) is 8.39. The molecule has 1 aliphatic rings. The SMILES string of the molecule is COc1cc2c(cc1Nc1ncc(Cl)c(Nc3cccnc3P(C)(C)=O)n1)-c1cnn(C)c1CCN2C(C)C. The van der Waals surface area contributed by atoms with Crippen LogP contribution in [0.2, 0.25) is 5.02 Å². The molecule has 0 unspecified atom stereocenters. The van der Waals surface area contributed by atoms with E-state index < -0.39 is 7.14 Å². The van der Waals surface area contributed by atoms with Crippen LogP contribution in [-0.4, -0.2) is 57.8 Å². The van der Waals surface area contributed by atoms with Gasteiger partial charge in [-0.05, 0) is 45.4 Å². The van der Waals surface area contributed by atoms with E-state index in [0.29, 0.717) is 45.4 Å². The van der Waals surface area contributed by atoms with Crippen LogP contribution in [0.4, 0.5) is 28.8 Å². The summed E-state index contributed by atoms with van der Waals surface area (Å²) in [6.07, 6.45) is 5.94. The number of nitrogens with zero attached hydrogens (tertiary/aromatic N) is 6. The molecule has 1 aromatic carbocycles. The molecule has 4 heterocycles. The Bertz CT molecular complexity index is 1580. The number of nitrogens with one attached hydrogen (secondary N) is 2. The van der Waals surface area contributed by atoms with Crippen molar-refractivity contribution in [2.75, 3.05) is 42.5 Å². The molecule has 0 radical (unpaired) electrons. The van der Waals surface area contributed by atoms with Gasteiger partial charge in [0.2, 0.25) is 5.95 Å². The Morgan fingerprint density at radius 2 is 1.90 bits per heavy atom. The molecule has 12 heteroatoms. The number of benzene rings is 1. The summed E-state index contributed by atoms with van der Waals surface area (Å²) in [5.41, 5.74) is 6.18. The largest absolute Gasteiger partial charge is 0.494 e. The average Bonchev–Trinajstić information content (AvgIpc) is 3.17. The van der Waals surface area contributed by atoms with Crippen LogP contribution in [0.5, 0.6) is 5.75 Å². The van der Waals surface area contributed by atoms with E-state index in [-0.39, 0.29) is 0 Å². The van der Waals surface area contributed by atoms with E-state index >= 15 is 0 Å². The molecule has 39 heavy (non-hydrogen) atoms. The fourth-order valence-corrected chi connectivity index (χ4v) is 6.04. The summed E-state index contributed by atoms with van der Waals surface area (Å²) in [4.78, 5) is 15.7. The van der Waals surface area contributed by atoms with E-state index in [4.69, 9.17) is 16.3 Å². The molecule has 0 saturated heterocycles. The number of methoxy groups -OCH3 is 1. The summed E-state index contributed by atoms with van der Waals surface area (Å²) < 4.78 is 20.5. The van der Waals surface area contributed by atoms with Gasteiger partial charge in [-0.3, -0.25) is 9.67 Å². The maximum absolute atomic E-state index is 12.8. The quantitative estimate of drug-likeness (QED) is 0.282. The Hall–Kier alpha value is -3.62. The van der Waals surface area contributed by atoms with Crippen LogP contribution in [-0.2, 0) is 18.0 Å². The molecule has 3 aromatic heterocycles. The van der Waals surface area contributed by atoms with Crippen molar-refractivity contribution in [3.63, 3.8) is 0 Å². The number of anilines is 5. The molecule has 5 rings (SSSR count). The molecule has 10 nitrogen and oxygen atoms in total. The summed E-state index contributed by atoms with van der Waals surface area (Å²) in [7, 11) is 0.983. The number of ether oxygens (including phenoxy) is 1. The van der Waals surface area contributed by atoms with Gasteiger partial charge in [-0.25, -0.2) is 4.98 Å². The van der Waals surface area contributed by atoms with E-state index in [1.807, 2.05) is 17.9 Å².